The first kappa shape index (κ1) is 13.5. The van der Waals surface area contributed by atoms with Crippen molar-refractivity contribution in [3.05, 3.63) is 12.2 Å². The number of aliphatic hydroxyl groups excluding tert-OH is 1. The molecule has 0 spiro atoms. The van der Waals surface area contributed by atoms with Crippen molar-refractivity contribution in [2.24, 2.45) is 29.6 Å². The Bertz CT molecular complexity index is 498. The van der Waals surface area contributed by atoms with Gasteiger partial charge in [0.2, 0.25) is 11.8 Å². The number of imide groups is 1. The van der Waals surface area contributed by atoms with Crippen LogP contribution in [0.2, 0.25) is 0 Å². The third-order valence-corrected chi connectivity index (χ3v) is 6.31. The van der Waals surface area contributed by atoms with Crippen LogP contribution < -0.4 is 0 Å². The minimum Gasteiger partial charge on any atom is -0.394 e. The molecule has 1 heterocycles. The van der Waals surface area contributed by atoms with Crippen LogP contribution in [0.5, 0.6) is 0 Å². The summed E-state index contributed by atoms with van der Waals surface area (Å²) in [6.07, 6.45) is 8.82. The monoisotopic (exact) mass is 289 g/mol. The number of rotatable bonds is 2. The smallest absolute Gasteiger partial charge is 0.234 e. The summed E-state index contributed by atoms with van der Waals surface area (Å²) in [5, 5.41) is 10.0. The number of nitrogens with zero attached hydrogens (tertiary/aromatic N) is 1. The summed E-state index contributed by atoms with van der Waals surface area (Å²) in [5.41, 5.74) is -0.629. The fraction of sp³-hybridized carbons (Fsp3) is 0.765. The van der Waals surface area contributed by atoms with Crippen molar-refractivity contribution >= 4 is 11.8 Å². The second-order valence-electron chi connectivity index (χ2n) is 7.60. The van der Waals surface area contributed by atoms with Crippen molar-refractivity contribution in [1.82, 2.24) is 4.90 Å². The van der Waals surface area contributed by atoms with Crippen LogP contribution in [0.25, 0.3) is 0 Å². The molecule has 1 saturated heterocycles. The first-order chi connectivity index (χ1) is 10.1. The van der Waals surface area contributed by atoms with E-state index in [4.69, 9.17) is 0 Å². The highest BCUT2D eigenvalue weighted by Crippen LogP contribution is 2.55. The summed E-state index contributed by atoms with van der Waals surface area (Å²) in [5.74, 6) is 0.648. The van der Waals surface area contributed by atoms with E-state index in [1.165, 1.54) is 4.90 Å². The average molecular weight is 289 g/mol. The number of aliphatic hydroxyl groups is 1. The maximum atomic E-state index is 12.9. The van der Waals surface area contributed by atoms with Gasteiger partial charge in [0, 0.05) is 0 Å². The van der Waals surface area contributed by atoms with Gasteiger partial charge in [-0.15, -0.1) is 0 Å². The summed E-state index contributed by atoms with van der Waals surface area (Å²) < 4.78 is 0. The summed E-state index contributed by atoms with van der Waals surface area (Å²) >= 11 is 0. The lowest BCUT2D eigenvalue weighted by Crippen LogP contribution is -2.57. The molecule has 3 fully saturated rings. The number of amides is 2. The molecule has 21 heavy (non-hydrogen) atoms. The lowest BCUT2D eigenvalue weighted by molar-refractivity contribution is -0.153. The topological polar surface area (TPSA) is 57.6 Å². The van der Waals surface area contributed by atoms with Crippen LogP contribution in [-0.2, 0) is 9.59 Å². The number of allylic oxidation sites excluding steroid dienone is 2. The van der Waals surface area contributed by atoms with Crippen LogP contribution in [0.1, 0.15) is 39.0 Å². The second kappa shape index (κ2) is 4.42. The van der Waals surface area contributed by atoms with E-state index in [9.17, 15) is 14.7 Å². The fourth-order valence-electron chi connectivity index (χ4n) is 5.42. The number of hydrogen-bond donors (Lipinski definition) is 1. The van der Waals surface area contributed by atoms with E-state index in [1.54, 1.807) is 0 Å². The first-order valence-electron chi connectivity index (χ1n) is 8.24. The number of fused-ring (bicyclic) bond motifs is 5. The van der Waals surface area contributed by atoms with Crippen molar-refractivity contribution < 1.29 is 14.7 Å². The minimum atomic E-state index is -0.629. The normalized spacial score (nSPS) is 48.3. The SMILES string of the molecule is CC1CCCC(CO)(N2C(=O)C3C4C=CC(C4)C3C2=O)C1. The average Bonchev–Trinajstić information content (AvgIpc) is 3.13. The van der Waals surface area contributed by atoms with Crippen LogP contribution in [0.4, 0.5) is 0 Å². The molecule has 3 aliphatic carbocycles. The molecular weight excluding hydrogens is 266 g/mol. The minimum absolute atomic E-state index is 0.00926. The molecule has 4 aliphatic rings. The van der Waals surface area contributed by atoms with E-state index < -0.39 is 5.54 Å². The van der Waals surface area contributed by atoms with E-state index in [2.05, 4.69) is 19.1 Å². The van der Waals surface area contributed by atoms with Gasteiger partial charge in [-0.2, -0.15) is 0 Å². The molecular formula is C17H23NO3. The largest absolute Gasteiger partial charge is 0.394 e. The van der Waals surface area contributed by atoms with Crippen molar-refractivity contribution in [2.75, 3.05) is 6.61 Å². The van der Waals surface area contributed by atoms with Gasteiger partial charge in [0.1, 0.15) is 0 Å². The van der Waals surface area contributed by atoms with E-state index in [1.807, 2.05) is 0 Å². The molecule has 0 aromatic carbocycles. The Morgan fingerprint density at radius 1 is 1.24 bits per heavy atom. The molecule has 4 rings (SSSR count). The predicted octanol–water partition coefficient (Wildman–Crippen LogP) is 1.73. The molecule has 4 heteroatoms. The zero-order valence-corrected chi connectivity index (χ0v) is 12.5. The Balaban J connectivity index is 1.69. The lowest BCUT2D eigenvalue weighted by atomic mass is 9.75. The van der Waals surface area contributed by atoms with Gasteiger partial charge >= 0.3 is 0 Å². The second-order valence-corrected chi connectivity index (χ2v) is 7.60. The molecule has 6 atom stereocenters. The van der Waals surface area contributed by atoms with Crippen LogP contribution in [0, 0.1) is 29.6 Å². The molecule has 6 unspecified atom stereocenters. The van der Waals surface area contributed by atoms with E-state index in [0.29, 0.717) is 5.92 Å². The number of hydrogen-bond acceptors (Lipinski definition) is 3. The van der Waals surface area contributed by atoms with Crippen molar-refractivity contribution in [3.8, 4) is 0 Å². The summed E-state index contributed by atoms with van der Waals surface area (Å²) in [6.45, 7) is 2.07. The molecule has 0 aromatic rings. The number of likely N-dealkylation sites (tertiary alicyclic amines) is 1. The van der Waals surface area contributed by atoms with Gasteiger partial charge in [0.05, 0.1) is 24.0 Å². The third kappa shape index (κ3) is 1.65. The number of carbonyl (C=O) groups is 2. The Labute approximate surface area is 125 Å². The highest BCUT2D eigenvalue weighted by atomic mass is 16.3. The van der Waals surface area contributed by atoms with Gasteiger partial charge in [0.15, 0.2) is 0 Å². The van der Waals surface area contributed by atoms with Gasteiger partial charge in [0.25, 0.3) is 0 Å². The van der Waals surface area contributed by atoms with E-state index in [-0.39, 0.29) is 42.1 Å². The standard InChI is InChI=1S/C17H23NO3/c1-10-3-2-6-17(8-10,9-19)18-15(20)13-11-4-5-12(7-11)14(13)16(18)21/h4-5,10-14,19H,2-3,6-9H2,1H3. The molecule has 114 valence electrons. The zero-order chi connectivity index (χ0) is 14.8. The van der Waals surface area contributed by atoms with Crippen molar-refractivity contribution in [1.29, 1.82) is 0 Å². The molecule has 1 aliphatic heterocycles. The van der Waals surface area contributed by atoms with Crippen LogP contribution in [-0.4, -0.2) is 34.0 Å². The summed E-state index contributed by atoms with van der Waals surface area (Å²) in [6, 6.07) is 0. The highest BCUT2D eigenvalue weighted by molar-refractivity contribution is 6.07. The zero-order valence-electron chi connectivity index (χ0n) is 12.5. The summed E-state index contributed by atoms with van der Waals surface area (Å²) in [7, 11) is 0. The van der Waals surface area contributed by atoms with E-state index in [0.717, 1.165) is 32.1 Å². The van der Waals surface area contributed by atoms with Crippen molar-refractivity contribution in [3.63, 3.8) is 0 Å². The lowest BCUT2D eigenvalue weighted by Gasteiger charge is -2.44. The fourth-order valence-corrected chi connectivity index (χ4v) is 5.42. The Morgan fingerprint density at radius 3 is 2.38 bits per heavy atom. The van der Waals surface area contributed by atoms with Gasteiger partial charge in [-0.05, 0) is 37.0 Å². The Hall–Kier alpha value is -1.16. The highest BCUT2D eigenvalue weighted by Gasteiger charge is 2.63. The molecule has 2 bridgehead atoms. The molecule has 2 saturated carbocycles. The molecule has 4 nitrogen and oxygen atoms in total. The van der Waals surface area contributed by atoms with Gasteiger partial charge < -0.3 is 5.11 Å². The number of carbonyl (C=O) groups excluding carboxylic acids is 2. The van der Waals surface area contributed by atoms with Crippen LogP contribution in [0.3, 0.4) is 0 Å². The maximum Gasteiger partial charge on any atom is 0.234 e. The molecule has 1 N–H and O–H groups in total. The molecule has 2 amide bonds. The van der Waals surface area contributed by atoms with Crippen molar-refractivity contribution in [2.45, 2.75) is 44.6 Å². The third-order valence-electron chi connectivity index (χ3n) is 6.31. The molecule has 0 aromatic heterocycles. The predicted molar refractivity (Wildman–Crippen MR) is 77.0 cm³/mol. The van der Waals surface area contributed by atoms with Gasteiger partial charge in [-0.3, -0.25) is 14.5 Å². The van der Waals surface area contributed by atoms with Crippen LogP contribution >= 0.6 is 0 Å². The first-order valence-corrected chi connectivity index (χ1v) is 8.24. The Morgan fingerprint density at radius 2 is 1.86 bits per heavy atom. The Kier molecular flexibility index (Phi) is 2.84. The van der Waals surface area contributed by atoms with E-state index >= 15 is 0 Å². The molecule has 0 radical (unpaired) electrons. The van der Waals surface area contributed by atoms with Gasteiger partial charge in [-0.1, -0.05) is 31.9 Å². The maximum absolute atomic E-state index is 12.9. The summed E-state index contributed by atoms with van der Waals surface area (Å²) in [4.78, 5) is 27.3. The quantitative estimate of drug-likeness (QED) is 0.622. The van der Waals surface area contributed by atoms with Gasteiger partial charge in [-0.25, -0.2) is 0 Å². The van der Waals surface area contributed by atoms with Crippen LogP contribution in [0.15, 0.2) is 12.2 Å².